The third kappa shape index (κ3) is 9.74. The van der Waals surface area contributed by atoms with Crippen molar-refractivity contribution in [3.8, 4) is 23.0 Å². The van der Waals surface area contributed by atoms with Crippen LogP contribution in [0.15, 0.2) is 102 Å². The molecule has 1 saturated carbocycles. The Morgan fingerprint density at radius 1 is 0.895 bits per heavy atom. The first kappa shape index (κ1) is 39.8. The summed E-state index contributed by atoms with van der Waals surface area (Å²) < 4.78 is 12.1. The summed E-state index contributed by atoms with van der Waals surface area (Å²) in [5.74, 6) is 0.237. The standard InChI is InChI=1S/C49H54N2O6/c1-3-35-14-15-36-9-7-8-12-41(36)42(35)28-43-37(16-18-45(53)49(43)56-2)27-39(25-34-20-22-51-31-34)47(55)29-46(54)38(24-33-19-21-50-30-33)23-32-13-17-44(52)48(26-32)57-40-10-5-4-6-11-40/h7-9,12-22,26,30-31,38-40,47,52-53,55H,3-6,10-11,23-25,27-29H2,1-2H3. The maximum Gasteiger partial charge on any atom is 0.176 e. The van der Waals surface area contributed by atoms with Gasteiger partial charge in [-0.25, -0.2) is 0 Å². The molecule has 1 aromatic heterocycles. The van der Waals surface area contributed by atoms with E-state index in [4.69, 9.17) is 9.47 Å². The minimum atomic E-state index is -0.964. The van der Waals surface area contributed by atoms with Crippen LogP contribution in [0, 0.1) is 18.4 Å². The Morgan fingerprint density at radius 2 is 1.70 bits per heavy atom. The maximum atomic E-state index is 14.4. The van der Waals surface area contributed by atoms with Gasteiger partial charge in [0.25, 0.3) is 0 Å². The summed E-state index contributed by atoms with van der Waals surface area (Å²) in [6.45, 7) is 3.89. The van der Waals surface area contributed by atoms with Gasteiger partial charge >= 0.3 is 0 Å². The Bertz CT molecular complexity index is 2200. The third-order valence-electron chi connectivity index (χ3n) is 11.9. The molecule has 0 saturated heterocycles. The number of hydrogen-bond acceptors (Lipinski definition) is 7. The SMILES string of the molecule is CCc1ccc2ccccc2c1Cc1c(CC(Cc2cc[n-]c2)C(O)CC(=O)C(CC2=C[CH+]N=C2)Cc2ccc(O)c(OC3CCCCC3)c2)ccc(O)c1OC. The van der Waals surface area contributed by atoms with E-state index in [1.807, 2.05) is 42.6 Å². The van der Waals surface area contributed by atoms with Crippen molar-refractivity contribution >= 4 is 22.8 Å². The molecule has 2 aliphatic rings. The lowest BCUT2D eigenvalue weighted by atomic mass is 9.81. The minimum Gasteiger partial charge on any atom is -0.670 e. The van der Waals surface area contributed by atoms with Gasteiger partial charge in [-0.3, -0.25) is 4.79 Å². The molecule has 3 atom stereocenters. The number of phenols is 2. The molecule has 7 rings (SSSR count). The second-order valence-electron chi connectivity index (χ2n) is 15.7. The number of Topliss-reactive ketones (excluding diaryl/α,β-unsaturated/α-hetero) is 1. The molecular weight excluding hydrogens is 713 g/mol. The maximum absolute atomic E-state index is 14.4. The number of benzene rings is 4. The summed E-state index contributed by atoms with van der Waals surface area (Å²) in [5, 5.41) is 36.2. The number of ether oxygens (including phenoxy) is 2. The van der Waals surface area contributed by atoms with Gasteiger partial charge in [0.15, 0.2) is 29.2 Å². The fourth-order valence-electron chi connectivity index (χ4n) is 8.73. The first-order chi connectivity index (χ1) is 27.8. The van der Waals surface area contributed by atoms with E-state index in [0.717, 1.165) is 70.7 Å². The highest BCUT2D eigenvalue weighted by Gasteiger charge is 2.31. The molecule has 8 heteroatoms. The molecule has 3 N–H and O–H groups in total. The van der Waals surface area contributed by atoms with Crippen molar-refractivity contribution in [2.75, 3.05) is 7.11 Å². The molecule has 2 heterocycles. The molecule has 5 aromatic rings. The van der Waals surface area contributed by atoms with E-state index in [1.165, 1.54) is 17.5 Å². The number of hydrogen-bond donors (Lipinski definition) is 3. The molecule has 4 aromatic carbocycles. The molecule has 57 heavy (non-hydrogen) atoms. The highest BCUT2D eigenvalue weighted by Crippen LogP contribution is 2.39. The number of ketones is 1. The molecule has 0 amide bonds. The number of rotatable bonds is 18. The summed E-state index contributed by atoms with van der Waals surface area (Å²) in [4.78, 5) is 23.0. The summed E-state index contributed by atoms with van der Waals surface area (Å²) in [5.41, 5.74) is 7.06. The van der Waals surface area contributed by atoms with Gasteiger partial charge < -0.3 is 29.8 Å². The molecule has 296 valence electrons. The minimum absolute atomic E-state index is 0.0328. The number of methoxy groups -OCH3 is 1. The molecule has 1 aliphatic carbocycles. The van der Waals surface area contributed by atoms with Gasteiger partial charge in [0.05, 0.1) is 25.4 Å². The number of aromatic nitrogens is 1. The van der Waals surface area contributed by atoms with Gasteiger partial charge in [-0.05, 0) is 109 Å². The molecule has 8 nitrogen and oxygen atoms in total. The lowest BCUT2D eigenvalue weighted by Crippen LogP contribution is -2.31. The van der Waals surface area contributed by atoms with E-state index in [2.05, 4.69) is 47.2 Å². The number of aliphatic hydroxyl groups excluding tert-OH is 1. The zero-order valence-corrected chi connectivity index (χ0v) is 33.1. The normalized spacial score (nSPS) is 15.9. The van der Waals surface area contributed by atoms with Crippen molar-refractivity contribution in [1.82, 2.24) is 4.98 Å². The Labute approximate surface area is 336 Å². The first-order valence-electron chi connectivity index (χ1n) is 20.5. The number of carbonyl (C=O) groups excluding carboxylic acids is 1. The number of aliphatic imine (C=N–C) groups is 1. The zero-order chi connectivity index (χ0) is 39.7. The van der Waals surface area contributed by atoms with Crippen LogP contribution >= 0.6 is 0 Å². The van der Waals surface area contributed by atoms with Crippen molar-refractivity contribution in [2.45, 2.75) is 96.2 Å². The van der Waals surface area contributed by atoms with Crippen molar-refractivity contribution in [2.24, 2.45) is 16.8 Å². The molecule has 0 spiro atoms. The second-order valence-corrected chi connectivity index (χ2v) is 15.7. The number of aromatic hydroxyl groups is 2. The van der Waals surface area contributed by atoms with Crippen molar-refractivity contribution < 1.29 is 29.6 Å². The molecular formula is C49H54N2O6. The van der Waals surface area contributed by atoms with Gasteiger partial charge in [-0.2, -0.15) is 12.4 Å². The average molecular weight is 767 g/mol. The molecule has 0 radical (unpaired) electrons. The van der Waals surface area contributed by atoms with Gasteiger partial charge in [-0.15, -0.1) is 4.99 Å². The zero-order valence-electron chi connectivity index (χ0n) is 33.1. The van der Waals surface area contributed by atoms with Gasteiger partial charge in [0.1, 0.15) is 17.9 Å². The lowest BCUT2D eigenvalue weighted by Gasteiger charge is -2.27. The van der Waals surface area contributed by atoms with E-state index in [-0.39, 0.29) is 35.7 Å². The largest absolute Gasteiger partial charge is 0.670 e. The summed E-state index contributed by atoms with van der Waals surface area (Å²) in [6.07, 6.45) is 15.0. The second kappa shape index (κ2) is 18.6. The van der Waals surface area contributed by atoms with Crippen molar-refractivity contribution in [3.05, 3.63) is 137 Å². The summed E-state index contributed by atoms with van der Waals surface area (Å²) in [6, 6.07) is 23.6. The van der Waals surface area contributed by atoms with E-state index < -0.39 is 12.0 Å². The van der Waals surface area contributed by atoms with Crippen LogP contribution < -0.4 is 14.5 Å². The number of allylic oxidation sites excluding steroid dienone is 1. The van der Waals surface area contributed by atoms with Crippen LogP contribution in [-0.4, -0.2) is 46.6 Å². The van der Waals surface area contributed by atoms with E-state index in [1.54, 1.807) is 38.2 Å². The predicted molar refractivity (Wildman–Crippen MR) is 225 cm³/mol. The monoisotopic (exact) mass is 766 g/mol. The predicted octanol–water partition coefficient (Wildman–Crippen LogP) is 9.22. The van der Waals surface area contributed by atoms with E-state index >= 15 is 0 Å². The highest BCUT2D eigenvalue weighted by molar-refractivity contribution is 5.88. The van der Waals surface area contributed by atoms with E-state index in [0.29, 0.717) is 43.6 Å². The Morgan fingerprint density at radius 3 is 2.46 bits per heavy atom. The molecule has 0 bridgehead atoms. The Balaban J connectivity index is 1.16. The lowest BCUT2D eigenvalue weighted by molar-refractivity contribution is -0.125. The number of phenolic OH excluding ortho intramolecular Hbond substituents is 2. The van der Waals surface area contributed by atoms with Crippen LogP contribution in [-0.2, 0) is 36.9 Å². The number of aliphatic hydroxyl groups is 1. The summed E-state index contributed by atoms with van der Waals surface area (Å²) in [7, 11) is 1.58. The fraction of sp³-hybridized carbons (Fsp3) is 0.367. The number of carbonyl (C=O) groups is 1. The topological polar surface area (TPSA) is 123 Å². The number of fused-ring (bicyclic) bond motifs is 1. The smallest absolute Gasteiger partial charge is 0.176 e. The van der Waals surface area contributed by atoms with Gasteiger partial charge in [-0.1, -0.05) is 73.5 Å². The van der Waals surface area contributed by atoms with Crippen molar-refractivity contribution in [3.63, 3.8) is 0 Å². The first-order valence-corrected chi connectivity index (χ1v) is 20.5. The molecule has 3 unspecified atom stereocenters. The third-order valence-corrected chi connectivity index (χ3v) is 11.9. The van der Waals surface area contributed by atoms with Crippen LogP contribution in [0.25, 0.3) is 10.8 Å². The average Bonchev–Trinajstić information content (AvgIpc) is 3.95. The number of aryl methyl sites for hydroxylation is 1. The van der Waals surface area contributed by atoms with Gasteiger partial charge in [0, 0.05) is 30.7 Å². The van der Waals surface area contributed by atoms with Crippen LogP contribution in [0.1, 0.15) is 85.3 Å². The summed E-state index contributed by atoms with van der Waals surface area (Å²) >= 11 is 0. The molecule has 1 aliphatic heterocycles. The fourth-order valence-corrected chi connectivity index (χ4v) is 8.73. The van der Waals surface area contributed by atoms with Crippen LogP contribution in [0.4, 0.5) is 0 Å². The highest BCUT2D eigenvalue weighted by atomic mass is 16.5. The molecule has 1 fully saturated rings. The quantitative estimate of drug-likeness (QED) is 0.0761. The Kier molecular flexibility index (Phi) is 13.0. The number of nitrogens with zero attached hydrogens (tertiary/aromatic N) is 2. The van der Waals surface area contributed by atoms with E-state index in [9.17, 15) is 20.1 Å². The van der Waals surface area contributed by atoms with Gasteiger partial charge in [0.2, 0.25) is 0 Å². The van der Waals surface area contributed by atoms with Crippen LogP contribution in [0.3, 0.4) is 0 Å². The van der Waals surface area contributed by atoms with Crippen LogP contribution in [0.2, 0.25) is 0 Å². The Hall–Kier alpha value is -5.47. The van der Waals surface area contributed by atoms with Crippen LogP contribution in [0.5, 0.6) is 23.0 Å². The van der Waals surface area contributed by atoms with Crippen molar-refractivity contribution in [1.29, 1.82) is 0 Å².